The molecule has 2 rings (SSSR count). The molecular weight excluding hydrogens is 353 g/mol. The molecule has 1 aromatic rings. The van der Waals surface area contributed by atoms with Crippen molar-refractivity contribution in [2.75, 3.05) is 13.1 Å². The van der Waals surface area contributed by atoms with Gasteiger partial charge in [-0.25, -0.2) is 9.78 Å². The molecule has 1 atom stereocenters. The fourth-order valence-electron chi connectivity index (χ4n) is 2.83. The third-order valence-corrected chi connectivity index (χ3v) is 3.77. The Morgan fingerprint density at radius 3 is 2.52 bits per heavy atom. The Morgan fingerprint density at radius 2 is 1.96 bits per heavy atom. The average Bonchev–Trinajstić information content (AvgIpc) is 2.83. The van der Waals surface area contributed by atoms with Gasteiger partial charge in [0.25, 0.3) is 0 Å². The summed E-state index contributed by atoms with van der Waals surface area (Å²) in [5.74, 6) is 0.125. The molecule has 1 aliphatic heterocycles. The lowest BCUT2D eigenvalue weighted by Gasteiger charge is -2.24. The number of ether oxygens (including phenoxy) is 1. The lowest BCUT2D eigenvalue weighted by Crippen LogP contribution is -2.35. The first-order chi connectivity index (χ1) is 10.9. The van der Waals surface area contributed by atoms with Crippen molar-refractivity contribution in [2.24, 2.45) is 5.92 Å². The molecule has 1 amide bonds. The van der Waals surface area contributed by atoms with E-state index in [-0.39, 0.29) is 25.5 Å². The molecule has 2 heterocycles. The molecule has 0 bridgehead atoms. The van der Waals surface area contributed by atoms with E-state index >= 15 is 0 Å². The minimum atomic E-state index is -4.45. The third-order valence-electron chi connectivity index (χ3n) is 3.77. The smallest absolute Gasteiger partial charge is 0.433 e. The Labute approximate surface area is 153 Å². The van der Waals surface area contributed by atoms with Gasteiger partial charge in [-0.1, -0.05) is 0 Å². The number of halogens is 3. The highest BCUT2D eigenvalue weighted by atomic mass is 32.1. The molecule has 0 aromatic carbocycles. The van der Waals surface area contributed by atoms with Crippen LogP contribution in [0.4, 0.5) is 18.0 Å². The number of aryl methyl sites for hydroxylation is 1. The summed E-state index contributed by atoms with van der Waals surface area (Å²) in [6, 6.07) is 2.77. The van der Waals surface area contributed by atoms with Gasteiger partial charge in [-0.05, 0) is 64.2 Å². The summed E-state index contributed by atoms with van der Waals surface area (Å²) in [6.07, 6.45) is -3.57. The molecule has 1 aliphatic rings. The van der Waals surface area contributed by atoms with Gasteiger partial charge in [0.1, 0.15) is 11.3 Å². The van der Waals surface area contributed by atoms with E-state index in [1.807, 2.05) is 0 Å². The van der Waals surface area contributed by atoms with Crippen LogP contribution in [0.3, 0.4) is 0 Å². The number of likely N-dealkylation sites (tertiary alicyclic amines) is 1. The first-order valence-corrected chi connectivity index (χ1v) is 7.97. The molecule has 1 saturated heterocycles. The van der Waals surface area contributed by atoms with Crippen LogP contribution < -0.4 is 0 Å². The standard InChI is InChI=1S/C17H23F3N2O2.H2S/c1-11-7-13(9-14(21-11)17(18,19)20)8-12-5-6-22(10-12)15(23)24-16(2,3)4;/h7,9,12H,5-6,8,10H2,1-4H3;1H2/t12-;/m1./s1. The van der Waals surface area contributed by atoms with Gasteiger partial charge in [-0.15, -0.1) is 0 Å². The molecule has 1 fully saturated rings. The van der Waals surface area contributed by atoms with E-state index in [1.165, 1.54) is 0 Å². The molecule has 0 radical (unpaired) electrons. The summed E-state index contributed by atoms with van der Waals surface area (Å²) in [6.45, 7) is 8.03. The van der Waals surface area contributed by atoms with Gasteiger partial charge in [0, 0.05) is 18.8 Å². The summed E-state index contributed by atoms with van der Waals surface area (Å²) in [4.78, 5) is 17.2. The molecule has 1 aromatic heterocycles. The highest BCUT2D eigenvalue weighted by Gasteiger charge is 2.34. The van der Waals surface area contributed by atoms with Gasteiger partial charge in [-0.3, -0.25) is 0 Å². The summed E-state index contributed by atoms with van der Waals surface area (Å²) in [5, 5.41) is 0. The minimum absolute atomic E-state index is 0. The predicted octanol–water partition coefficient (Wildman–Crippen LogP) is 4.32. The zero-order valence-electron chi connectivity index (χ0n) is 14.9. The number of amides is 1. The molecule has 0 spiro atoms. The normalized spacial score (nSPS) is 18.0. The number of pyridine rings is 1. The van der Waals surface area contributed by atoms with Crippen molar-refractivity contribution in [1.82, 2.24) is 9.88 Å². The Hall–Kier alpha value is -1.44. The fourth-order valence-corrected chi connectivity index (χ4v) is 2.83. The monoisotopic (exact) mass is 378 g/mol. The summed E-state index contributed by atoms with van der Waals surface area (Å²) >= 11 is 0. The van der Waals surface area contributed by atoms with Crippen LogP contribution in [0.1, 0.15) is 44.1 Å². The zero-order chi connectivity index (χ0) is 18.1. The molecule has 0 saturated carbocycles. The summed E-state index contributed by atoms with van der Waals surface area (Å²) in [5.41, 5.74) is -0.467. The fraction of sp³-hybridized carbons (Fsp3) is 0.647. The number of hydrogen-bond donors (Lipinski definition) is 0. The SMILES string of the molecule is Cc1cc(C[C@H]2CCN(C(=O)OC(C)(C)C)C2)cc(C(F)(F)F)n1.S. The van der Waals surface area contributed by atoms with Gasteiger partial charge in [-0.2, -0.15) is 26.7 Å². The van der Waals surface area contributed by atoms with Crippen LogP contribution in [0.15, 0.2) is 12.1 Å². The molecule has 142 valence electrons. The Bertz CT molecular complexity index is 615. The van der Waals surface area contributed by atoms with Crippen LogP contribution in [0.5, 0.6) is 0 Å². The van der Waals surface area contributed by atoms with Crippen molar-refractivity contribution in [2.45, 2.75) is 52.3 Å². The number of alkyl halides is 3. The maximum Gasteiger partial charge on any atom is 0.433 e. The van der Waals surface area contributed by atoms with E-state index in [4.69, 9.17) is 4.74 Å². The van der Waals surface area contributed by atoms with Crippen molar-refractivity contribution in [3.63, 3.8) is 0 Å². The summed E-state index contributed by atoms with van der Waals surface area (Å²) < 4.78 is 43.9. The first-order valence-electron chi connectivity index (χ1n) is 7.97. The zero-order valence-corrected chi connectivity index (χ0v) is 15.9. The lowest BCUT2D eigenvalue weighted by atomic mass is 9.98. The lowest BCUT2D eigenvalue weighted by molar-refractivity contribution is -0.141. The molecule has 8 heteroatoms. The van der Waals surface area contributed by atoms with Crippen LogP contribution in [0, 0.1) is 12.8 Å². The molecule has 0 unspecified atom stereocenters. The van der Waals surface area contributed by atoms with Gasteiger partial charge in [0.2, 0.25) is 0 Å². The van der Waals surface area contributed by atoms with Crippen LogP contribution in [0.2, 0.25) is 0 Å². The average molecular weight is 378 g/mol. The second kappa shape index (κ2) is 7.85. The van der Waals surface area contributed by atoms with Crippen LogP contribution in [-0.4, -0.2) is 34.7 Å². The van der Waals surface area contributed by atoms with Crippen LogP contribution in [0.25, 0.3) is 0 Å². The van der Waals surface area contributed by atoms with E-state index in [0.29, 0.717) is 30.8 Å². The van der Waals surface area contributed by atoms with Crippen molar-refractivity contribution >= 4 is 19.6 Å². The van der Waals surface area contributed by atoms with Gasteiger partial charge >= 0.3 is 12.3 Å². The topological polar surface area (TPSA) is 42.4 Å². The predicted molar refractivity (Wildman–Crippen MR) is 94.0 cm³/mol. The van der Waals surface area contributed by atoms with Crippen molar-refractivity contribution in [1.29, 1.82) is 0 Å². The largest absolute Gasteiger partial charge is 0.444 e. The van der Waals surface area contributed by atoms with Crippen molar-refractivity contribution in [3.8, 4) is 0 Å². The van der Waals surface area contributed by atoms with Gasteiger partial charge in [0.15, 0.2) is 0 Å². The molecule has 25 heavy (non-hydrogen) atoms. The van der Waals surface area contributed by atoms with Crippen LogP contribution >= 0.6 is 13.5 Å². The van der Waals surface area contributed by atoms with Gasteiger partial charge in [0.05, 0.1) is 0 Å². The maximum absolute atomic E-state index is 12.9. The first kappa shape index (κ1) is 21.6. The number of carbonyl (C=O) groups excluding carboxylic acids is 1. The molecule has 0 aliphatic carbocycles. The van der Waals surface area contributed by atoms with E-state index in [9.17, 15) is 18.0 Å². The van der Waals surface area contributed by atoms with E-state index in [1.54, 1.807) is 38.7 Å². The number of aromatic nitrogens is 1. The molecule has 0 N–H and O–H groups in total. The Morgan fingerprint density at radius 1 is 1.32 bits per heavy atom. The minimum Gasteiger partial charge on any atom is -0.444 e. The van der Waals surface area contributed by atoms with E-state index < -0.39 is 17.5 Å². The summed E-state index contributed by atoms with van der Waals surface area (Å²) in [7, 11) is 0. The highest BCUT2D eigenvalue weighted by molar-refractivity contribution is 7.59. The molecule has 4 nitrogen and oxygen atoms in total. The quantitative estimate of drug-likeness (QED) is 0.770. The van der Waals surface area contributed by atoms with Crippen molar-refractivity contribution in [3.05, 3.63) is 29.1 Å². The van der Waals surface area contributed by atoms with E-state index in [0.717, 1.165) is 12.5 Å². The third kappa shape index (κ3) is 6.41. The number of hydrogen-bond acceptors (Lipinski definition) is 3. The van der Waals surface area contributed by atoms with Crippen LogP contribution in [-0.2, 0) is 17.3 Å². The second-order valence-corrected chi connectivity index (χ2v) is 7.28. The second-order valence-electron chi connectivity index (χ2n) is 7.28. The number of rotatable bonds is 2. The van der Waals surface area contributed by atoms with E-state index in [2.05, 4.69) is 4.98 Å². The van der Waals surface area contributed by atoms with Gasteiger partial charge < -0.3 is 9.64 Å². The number of carbonyl (C=O) groups is 1. The maximum atomic E-state index is 12.9. The Balaban J connectivity index is 0.00000312. The molecular formula is C17H25F3N2O2S. The Kier molecular flexibility index (Phi) is 6.78. The number of nitrogens with zero attached hydrogens (tertiary/aromatic N) is 2. The van der Waals surface area contributed by atoms with Crippen molar-refractivity contribution < 1.29 is 22.7 Å². The highest BCUT2D eigenvalue weighted by Crippen LogP contribution is 2.30.